The summed E-state index contributed by atoms with van der Waals surface area (Å²) in [6, 6.07) is 19.2. The first-order chi connectivity index (χ1) is 12.6. The number of carbonyl (C=O) groups is 2. The van der Waals surface area contributed by atoms with Crippen LogP contribution < -0.4 is 11.5 Å². The van der Waals surface area contributed by atoms with Crippen LogP contribution in [0, 0.1) is 0 Å². The normalized spacial score (nSPS) is 11.7. The zero-order chi connectivity index (χ0) is 18.0. The van der Waals surface area contributed by atoms with E-state index >= 15 is 0 Å². The van der Waals surface area contributed by atoms with E-state index in [0.717, 1.165) is 43.1 Å². The molecule has 5 aromatic rings. The molecule has 0 bridgehead atoms. The van der Waals surface area contributed by atoms with Gasteiger partial charge in [0.2, 0.25) is 11.8 Å². The standard InChI is InChI=1S/C22H14N2O2/c23-21(25)15-9-10-16-19-13(5-2-6-14(15)19)12-4-1-3-11-7-8-17(22(24)26)20(16)18(11)12/h1-10H,(H2,23,25)(H2,24,26). The SMILES string of the molecule is NC(=O)c1ccc2c3c(C(N)=O)ccc4cccc(c5cccc1c52)c43. The van der Waals surface area contributed by atoms with Gasteiger partial charge in [-0.3, -0.25) is 9.59 Å². The minimum absolute atomic E-state index is 0.469. The first-order valence-electron chi connectivity index (χ1n) is 8.29. The number of primary amides is 2. The van der Waals surface area contributed by atoms with E-state index in [4.69, 9.17) is 11.5 Å². The maximum Gasteiger partial charge on any atom is 0.249 e. The molecule has 0 spiro atoms. The van der Waals surface area contributed by atoms with Gasteiger partial charge in [0, 0.05) is 16.5 Å². The largest absolute Gasteiger partial charge is 0.366 e. The van der Waals surface area contributed by atoms with Gasteiger partial charge in [0.05, 0.1) is 0 Å². The number of amides is 2. The van der Waals surface area contributed by atoms with Crippen molar-refractivity contribution in [3.05, 3.63) is 71.8 Å². The molecule has 0 aliphatic heterocycles. The quantitative estimate of drug-likeness (QED) is 0.377. The van der Waals surface area contributed by atoms with Crippen molar-refractivity contribution < 1.29 is 9.59 Å². The molecule has 2 amide bonds. The van der Waals surface area contributed by atoms with E-state index in [1.165, 1.54) is 0 Å². The average Bonchev–Trinajstić information content (AvgIpc) is 2.64. The lowest BCUT2D eigenvalue weighted by Crippen LogP contribution is -2.13. The van der Waals surface area contributed by atoms with Gasteiger partial charge < -0.3 is 11.5 Å². The second-order valence-electron chi connectivity index (χ2n) is 6.51. The van der Waals surface area contributed by atoms with E-state index in [1.54, 1.807) is 12.1 Å². The second kappa shape index (κ2) is 4.92. The Hall–Kier alpha value is -3.66. The summed E-state index contributed by atoms with van der Waals surface area (Å²) in [5, 5.41) is 7.55. The van der Waals surface area contributed by atoms with Crippen molar-refractivity contribution in [1.82, 2.24) is 0 Å². The fourth-order valence-corrected chi connectivity index (χ4v) is 4.14. The zero-order valence-electron chi connectivity index (χ0n) is 13.7. The van der Waals surface area contributed by atoms with E-state index in [0.29, 0.717) is 11.1 Å². The van der Waals surface area contributed by atoms with Gasteiger partial charge in [0.15, 0.2) is 0 Å². The van der Waals surface area contributed by atoms with Crippen molar-refractivity contribution in [2.24, 2.45) is 11.5 Å². The summed E-state index contributed by atoms with van der Waals surface area (Å²) < 4.78 is 0. The van der Waals surface area contributed by atoms with Crippen molar-refractivity contribution in [2.45, 2.75) is 0 Å². The number of hydrogen-bond acceptors (Lipinski definition) is 2. The Bertz CT molecular complexity index is 1380. The van der Waals surface area contributed by atoms with Crippen molar-refractivity contribution in [2.75, 3.05) is 0 Å². The van der Waals surface area contributed by atoms with Crippen LogP contribution in [0.2, 0.25) is 0 Å². The number of nitrogens with two attached hydrogens (primary N) is 2. The summed E-state index contributed by atoms with van der Waals surface area (Å²) in [5.41, 5.74) is 12.2. The van der Waals surface area contributed by atoms with Crippen LogP contribution in [0.3, 0.4) is 0 Å². The van der Waals surface area contributed by atoms with Crippen LogP contribution >= 0.6 is 0 Å². The Kier molecular flexibility index (Phi) is 2.78. The molecule has 0 aromatic heterocycles. The molecule has 0 saturated heterocycles. The number of hydrogen-bond donors (Lipinski definition) is 2. The van der Waals surface area contributed by atoms with Gasteiger partial charge in [-0.15, -0.1) is 0 Å². The minimum Gasteiger partial charge on any atom is -0.366 e. The Morgan fingerprint density at radius 3 is 1.88 bits per heavy atom. The Labute approximate surface area is 148 Å². The molecule has 0 unspecified atom stereocenters. The molecule has 4 heteroatoms. The number of carbonyl (C=O) groups excluding carboxylic acids is 2. The van der Waals surface area contributed by atoms with E-state index in [-0.39, 0.29) is 0 Å². The molecule has 4 nitrogen and oxygen atoms in total. The van der Waals surface area contributed by atoms with Crippen molar-refractivity contribution >= 4 is 54.9 Å². The molecule has 4 N–H and O–H groups in total. The first kappa shape index (κ1) is 14.7. The van der Waals surface area contributed by atoms with E-state index in [2.05, 4.69) is 0 Å². The van der Waals surface area contributed by atoms with E-state index in [9.17, 15) is 9.59 Å². The van der Waals surface area contributed by atoms with Gasteiger partial charge in [-0.2, -0.15) is 0 Å². The maximum absolute atomic E-state index is 12.1. The summed E-state index contributed by atoms with van der Waals surface area (Å²) in [5.74, 6) is -0.941. The van der Waals surface area contributed by atoms with Gasteiger partial charge in [0.25, 0.3) is 0 Å². The Balaban J connectivity index is 2.21. The topological polar surface area (TPSA) is 86.2 Å². The van der Waals surface area contributed by atoms with Crippen LogP contribution in [0.15, 0.2) is 60.7 Å². The molecular formula is C22H14N2O2. The number of rotatable bonds is 2. The molecule has 0 fully saturated rings. The summed E-state index contributed by atoms with van der Waals surface area (Å²) >= 11 is 0. The highest BCUT2D eigenvalue weighted by Crippen LogP contribution is 2.42. The predicted octanol–water partition coefficient (Wildman–Crippen LogP) is 3.94. The van der Waals surface area contributed by atoms with Crippen molar-refractivity contribution in [1.29, 1.82) is 0 Å². The molecule has 26 heavy (non-hydrogen) atoms. The summed E-state index contributed by atoms with van der Waals surface area (Å²) in [6.45, 7) is 0. The maximum atomic E-state index is 12.1. The van der Waals surface area contributed by atoms with Crippen LogP contribution in [0.4, 0.5) is 0 Å². The zero-order valence-corrected chi connectivity index (χ0v) is 13.7. The average molecular weight is 338 g/mol. The third-order valence-corrected chi connectivity index (χ3v) is 5.18. The molecule has 5 aromatic carbocycles. The molecule has 5 rings (SSSR count). The Morgan fingerprint density at radius 2 is 1.15 bits per heavy atom. The van der Waals surface area contributed by atoms with Crippen molar-refractivity contribution in [3.63, 3.8) is 0 Å². The molecular weight excluding hydrogens is 324 g/mol. The molecule has 0 radical (unpaired) electrons. The summed E-state index contributed by atoms with van der Waals surface area (Å²) in [4.78, 5) is 24.0. The number of fused-ring (bicyclic) bond motifs is 2. The van der Waals surface area contributed by atoms with E-state index in [1.807, 2.05) is 48.5 Å². The molecule has 0 heterocycles. The third-order valence-electron chi connectivity index (χ3n) is 5.18. The molecule has 124 valence electrons. The van der Waals surface area contributed by atoms with Gasteiger partial charge in [-0.05, 0) is 49.8 Å². The third kappa shape index (κ3) is 1.73. The summed E-state index contributed by atoms with van der Waals surface area (Å²) in [6.07, 6.45) is 0. The minimum atomic E-state index is -0.471. The van der Waals surface area contributed by atoms with Crippen LogP contribution in [0.1, 0.15) is 20.7 Å². The highest BCUT2D eigenvalue weighted by atomic mass is 16.1. The molecule has 0 saturated carbocycles. The summed E-state index contributed by atoms with van der Waals surface area (Å²) in [7, 11) is 0. The van der Waals surface area contributed by atoms with Gasteiger partial charge >= 0.3 is 0 Å². The molecule has 0 aliphatic carbocycles. The molecule has 0 atom stereocenters. The highest BCUT2D eigenvalue weighted by molar-refractivity contribution is 6.36. The highest BCUT2D eigenvalue weighted by Gasteiger charge is 2.19. The second-order valence-corrected chi connectivity index (χ2v) is 6.51. The monoisotopic (exact) mass is 338 g/mol. The molecule has 0 aliphatic rings. The lowest BCUT2D eigenvalue weighted by Gasteiger charge is -2.17. The predicted molar refractivity (Wildman–Crippen MR) is 105 cm³/mol. The smallest absolute Gasteiger partial charge is 0.249 e. The van der Waals surface area contributed by atoms with Crippen LogP contribution in [-0.4, -0.2) is 11.8 Å². The fraction of sp³-hybridized carbons (Fsp3) is 0. The van der Waals surface area contributed by atoms with Crippen molar-refractivity contribution in [3.8, 4) is 0 Å². The van der Waals surface area contributed by atoms with Crippen LogP contribution in [-0.2, 0) is 0 Å². The lowest BCUT2D eigenvalue weighted by molar-refractivity contribution is 0.0993. The first-order valence-corrected chi connectivity index (χ1v) is 8.29. The number of benzene rings is 5. The fourth-order valence-electron chi connectivity index (χ4n) is 4.14. The van der Waals surface area contributed by atoms with Crippen LogP contribution in [0.5, 0.6) is 0 Å². The van der Waals surface area contributed by atoms with Gasteiger partial charge in [0.1, 0.15) is 0 Å². The Morgan fingerprint density at radius 1 is 0.538 bits per heavy atom. The van der Waals surface area contributed by atoms with Gasteiger partial charge in [-0.1, -0.05) is 48.5 Å². The van der Waals surface area contributed by atoms with Crippen LogP contribution in [0.25, 0.3) is 43.1 Å². The van der Waals surface area contributed by atoms with Gasteiger partial charge in [-0.25, -0.2) is 0 Å². The van der Waals surface area contributed by atoms with E-state index < -0.39 is 11.8 Å². The lowest BCUT2D eigenvalue weighted by atomic mass is 9.86.